The lowest BCUT2D eigenvalue weighted by Gasteiger charge is -2.16. The number of nitrogens with zero attached hydrogens (tertiary/aromatic N) is 4. The molecule has 2 aromatic heterocycles. The van der Waals surface area contributed by atoms with E-state index in [2.05, 4.69) is 20.5 Å². The molecule has 7 nitrogen and oxygen atoms in total. The van der Waals surface area contributed by atoms with E-state index in [4.69, 9.17) is 27.9 Å². The van der Waals surface area contributed by atoms with E-state index in [1.165, 1.54) is 36.2 Å². The lowest BCUT2D eigenvalue weighted by atomic mass is 10.2. The number of amides is 1. The molecule has 0 aliphatic carbocycles. The molecule has 1 aliphatic heterocycles. The van der Waals surface area contributed by atoms with E-state index >= 15 is 0 Å². The van der Waals surface area contributed by atoms with Gasteiger partial charge in [0.15, 0.2) is 16.8 Å². The Morgan fingerprint density at radius 1 is 1.34 bits per heavy atom. The zero-order chi connectivity index (χ0) is 22.7. The highest BCUT2D eigenvalue weighted by molar-refractivity contribution is 8.00. The molecule has 3 aromatic rings. The van der Waals surface area contributed by atoms with E-state index in [-0.39, 0.29) is 28.7 Å². The molecule has 0 spiro atoms. The molecule has 2 unspecified atom stereocenters. The van der Waals surface area contributed by atoms with Gasteiger partial charge in [0, 0.05) is 18.4 Å². The van der Waals surface area contributed by atoms with Crippen LogP contribution >= 0.6 is 35.0 Å². The maximum absolute atomic E-state index is 13.4. The van der Waals surface area contributed by atoms with E-state index in [0.717, 1.165) is 25.0 Å². The Kier molecular flexibility index (Phi) is 7.30. The summed E-state index contributed by atoms with van der Waals surface area (Å²) in [5.41, 5.74) is 0.734. The predicted molar refractivity (Wildman–Crippen MR) is 123 cm³/mol. The van der Waals surface area contributed by atoms with Crippen LogP contribution in [0.3, 0.4) is 0 Å². The van der Waals surface area contributed by atoms with Gasteiger partial charge in [0.25, 0.3) is 0 Å². The maximum atomic E-state index is 13.4. The molecule has 1 aliphatic rings. The van der Waals surface area contributed by atoms with Gasteiger partial charge in [-0.2, -0.15) is 0 Å². The van der Waals surface area contributed by atoms with E-state index in [1.54, 1.807) is 19.1 Å². The van der Waals surface area contributed by atoms with Crippen LogP contribution in [0.4, 0.5) is 10.2 Å². The number of pyridine rings is 1. The zero-order valence-corrected chi connectivity index (χ0v) is 19.4. The number of benzene rings is 1. The molecule has 1 N–H and O–H groups in total. The van der Waals surface area contributed by atoms with Gasteiger partial charge in [0.2, 0.25) is 5.91 Å². The molecule has 1 aromatic carbocycles. The summed E-state index contributed by atoms with van der Waals surface area (Å²) in [6.07, 6.45) is 3.37. The highest BCUT2D eigenvalue weighted by Crippen LogP contribution is 2.30. The van der Waals surface area contributed by atoms with Crippen molar-refractivity contribution in [1.29, 1.82) is 0 Å². The van der Waals surface area contributed by atoms with Crippen LogP contribution in [0.2, 0.25) is 10.0 Å². The number of carbonyl (C=O) groups excluding carboxylic acids is 1. The van der Waals surface area contributed by atoms with Crippen LogP contribution in [0.25, 0.3) is 11.4 Å². The molecule has 0 radical (unpaired) electrons. The third-order valence-electron chi connectivity index (χ3n) is 4.93. The van der Waals surface area contributed by atoms with Gasteiger partial charge in [0.05, 0.1) is 27.9 Å². The van der Waals surface area contributed by atoms with Gasteiger partial charge in [-0.05, 0) is 50.1 Å². The van der Waals surface area contributed by atoms with Gasteiger partial charge in [-0.25, -0.2) is 9.37 Å². The van der Waals surface area contributed by atoms with Crippen LogP contribution in [0.1, 0.15) is 19.8 Å². The van der Waals surface area contributed by atoms with E-state index in [0.29, 0.717) is 22.5 Å². The fourth-order valence-corrected chi connectivity index (χ4v) is 4.57. The molecular weight excluding hydrogens is 476 g/mol. The topological polar surface area (TPSA) is 81.9 Å². The second kappa shape index (κ2) is 10.2. The van der Waals surface area contributed by atoms with Crippen molar-refractivity contribution < 1.29 is 13.9 Å². The number of halogens is 3. The summed E-state index contributed by atoms with van der Waals surface area (Å²) < 4.78 is 21.1. The van der Waals surface area contributed by atoms with Gasteiger partial charge < -0.3 is 10.1 Å². The fraction of sp³-hybridized carbons (Fsp3) is 0.333. The number of carbonyl (C=O) groups is 1. The lowest BCUT2D eigenvalue weighted by molar-refractivity contribution is -0.115. The number of hydrogen-bond acceptors (Lipinski definition) is 6. The van der Waals surface area contributed by atoms with E-state index in [1.807, 2.05) is 4.57 Å². The van der Waals surface area contributed by atoms with Crippen LogP contribution in [-0.2, 0) is 16.1 Å². The summed E-state index contributed by atoms with van der Waals surface area (Å²) in [4.78, 5) is 16.8. The van der Waals surface area contributed by atoms with Crippen molar-refractivity contribution in [3.8, 4) is 11.4 Å². The quantitative estimate of drug-likeness (QED) is 0.460. The van der Waals surface area contributed by atoms with Crippen molar-refractivity contribution >= 4 is 46.7 Å². The number of nitrogens with one attached hydrogen (secondary N) is 1. The van der Waals surface area contributed by atoms with Crippen molar-refractivity contribution in [2.24, 2.45) is 0 Å². The summed E-state index contributed by atoms with van der Waals surface area (Å²) in [6, 6.07) is 7.59. The van der Waals surface area contributed by atoms with Gasteiger partial charge >= 0.3 is 0 Å². The van der Waals surface area contributed by atoms with Crippen LogP contribution < -0.4 is 5.32 Å². The molecule has 0 saturated carbocycles. The summed E-state index contributed by atoms with van der Waals surface area (Å²) >= 11 is 13.2. The second-order valence-electron chi connectivity index (χ2n) is 7.29. The maximum Gasteiger partial charge on any atom is 0.238 e. The van der Waals surface area contributed by atoms with Gasteiger partial charge in [-0.3, -0.25) is 9.36 Å². The molecule has 32 heavy (non-hydrogen) atoms. The van der Waals surface area contributed by atoms with Crippen LogP contribution in [0.5, 0.6) is 0 Å². The lowest BCUT2D eigenvalue weighted by Crippen LogP contribution is -2.24. The van der Waals surface area contributed by atoms with Crippen molar-refractivity contribution in [3.63, 3.8) is 0 Å². The van der Waals surface area contributed by atoms with Gasteiger partial charge in [0.1, 0.15) is 5.82 Å². The highest BCUT2D eigenvalue weighted by Gasteiger charge is 2.25. The zero-order valence-electron chi connectivity index (χ0n) is 17.1. The second-order valence-corrected chi connectivity index (χ2v) is 9.44. The molecule has 1 fully saturated rings. The number of thioether (sulfide) groups is 1. The molecule has 1 amide bonds. The van der Waals surface area contributed by atoms with Crippen molar-refractivity contribution in [3.05, 3.63) is 52.4 Å². The smallest absolute Gasteiger partial charge is 0.238 e. The normalized spacial score (nSPS) is 16.8. The first-order valence-electron chi connectivity index (χ1n) is 10.00. The Bertz CT molecular complexity index is 1110. The molecule has 1 saturated heterocycles. The Hall–Kier alpha value is -2.20. The summed E-state index contributed by atoms with van der Waals surface area (Å²) in [6.45, 7) is 3.02. The number of hydrogen-bond donors (Lipinski definition) is 1. The first-order chi connectivity index (χ1) is 15.4. The monoisotopic (exact) mass is 495 g/mol. The fourth-order valence-electron chi connectivity index (χ4n) is 3.28. The Labute approximate surface area is 198 Å². The predicted octanol–water partition coefficient (Wildman–Crippen LogP) is 5.08. The van der Waals surface area contributed by atoms with Crippen LogP contribution in [0.15, 0.2) is 41.7 Å². The standard InChI is InChI=1S/C21H20Cl2FN5O2S/c1-12(20(30)26-18-17(23)9-14(22)10-25-18)32-21-28-27-19(13-4-6-15(24)7-5-13)29(21)11-16-3-2-8-31-16/h4-7,9-10,12,16H,2-3,8,11H2,1H3,(H,25,26,30). The van der Waals surface area contributed by atoms with Gasteiger partial charge in [-0.15, -0.1) is 10.2 Å². The van der Waals surface area contributed by atoms with Crippen LogP contribution in [0, 0.1) is 5.82 Å². The first-order valence-corrected chi connectivity index (χ1v) is 11.6. The molecular formula is C21H20Cl2FN5O2S. The van der Waals surface area contributed by atoms with E-state index < -0.39 is 5.25 Å². The summed E-state index contributed by atoms with van der Waals surface area (Å²) in [5, 5.41) is 12.0. The number of rotatable bonds is 7. The average molecular weight is 496 g/mol. The number of anilines is 1. The molecule has 4 rings (SSSR count). The van der Waals surface area contributed by atoms with E-state index in [9.17, 15) is 9.18 Å². The highest BCUT2D eigenvalue weighted by atomic mass is 35.5. The van der Waals surface area contributed by atoms with Crippen molar-refractivity contribution in [2.75, 3.05) is 11.9 Å². The number of aromatic nitrogens is 4. The SMILES string of the molecule is CC(Sc1nnc(-c2ccc(F)cc2)n1CC1CCCO1)C(=O)Nc1ncc(Cl)cc1Cl. The van der Waals surface area contributed by atoms with Crippen molar-refractivity contribution in [2.45, 2.75) is 42.8 Å². The molecule has 11 heteroatoms. The Morgan fingerprint density at radius 3 is 2.81 bits per heavy atom. The number of ether oxygens (including phenoxy) is 1. The van der Waals surface area contributed by atoms with Gasteiger partial charge in [-0.1, -0.05) is 35.0 Å². The van der Waals surface area contributed by atoms with Crippen LogP contribution in [-0.4, -0.2) is 43.6 Å². The average Bonchev–Trinajstić information content (AvgIpc) is 3.41. The minimum Gasteiger partial charge on any atom is -0.376 e. The third kappa shape index (κ3) is 5.40. The third-order valence-corrected chi connectivity index (χ3v) is 6.51. The summed E-state index contributed by atoms with van der Waals surface area (Å²) in [7, 11) is 0. The molecule has 3 heterocycles. The largest absolute Gasteiger partial charge is 0.376 e. The minimum atomic E-state index is -0.517. The molecule has 168 valence electrons. The summed E-state index contributed by atoms with van der Waals surface area (Å²) in [5.74, 6) is 0.217. The Morgan fingerprint density at radius 2 is 2.12 bits per heavy atom. The Balaban J connectivity index is 1.55. The van der Waals surface area contributed by atoms with Crippen molar-refractivity contribution in [1.82, 2.24) is 19.7 Å². The molecule has 0 bridgehead atoms. The first kappa shape index (κ1) is 23.0. The molecule has 2 atom stereocenters. The minimum absolute atomic E-state index is 0.0331.